The molecule has 2 atom stereocenters. The largest absolute Gasteiger partial charge is 0.341 e. The van der Waals surface area contributed by atoms with E-state index in [-0.39, 0.29) is 11.9 Å². The van der Waals surface area contributed by atoms with Gasteiger partial charge in [-0.15, -0.1) is 0 Å². The zero-order valence-corrected chi connectivity index (χ0v) is 9.41. The Hall–Kier alpha value is -1.84. The Bertz CT molecular complexity index is 525. The monoisotopic (exact) mass is 227 g/mol. The van der Waals surface area contributed by atoms with E-state index in [2.05, 4.69) is 9.89 Å². The van der Waals surface area contributed by atoms with Crippen molar-refractivity contribution in [1.82, 2.24) is 4.90 Å². The maximum absolute atomic E-state index is 12.4. The van der Waals surface area contributed by atoms with Crippen LogP contribution in [0, 0.1) is 0 Å². The van der Waals surface area contributed by atoms with E-state index in [9.17, 15) is 4.79 Å². The molecule has 1 aromatic rings. The molecule has 1 aromatic carbocycles. The third-order valence-corrected chi connectivity index (χ3v) is 4.02. The molecule has 1 amide bonds. The Labute approximate surface area is 99.5 Å². The lowest BCUT2D eigenvalue weighted by molar-refractivity contribution is 0.0467. The van der Waals surface area contributed by atoms with Crippen LogP contribution in [0.2, 0.25) is 0 Å². The molecule has 0 aromatic heterocycles. The second-order valence-electron chi connectivity index (χ2n) is 4.81. The summed E-state index contributed by atoms with van der Waals surface area (Å²) in [7, 11) is 0. The fourth-order valence-corrected chi connectivity index (χ4v) is 3.04. The van der Waals surface area contributed by atoms with Gasteiger partial charge in [-0.25, -0.2) is 0 Å². The van der Waals surface area contributed by atoms with Gasteiger partial charge < -0.3 is 9.80 Å². The first-order valence-electron chi connectivity index (χ1n) is 6.03. The summed E-state index contributed by atoms with van der Waals surface area (Å²) in [4.78, 5) is 21.0. The van der Waals surface area contributed by atoms with Gasteiger partial charge in [0.05, 0.1) is 23.3 Å². The maximum Gasteiger partial charge on any atom is 0.256 e. The van der Waals surface area contributed by atoms with E-state index in [0.717, 1.165) is 24.2 Å². The van der Waals surface area contributed by atoms with E-state index in [1.165, 1.54) is 0 Å². The van der Waals surface area contributed by atoms with Crippen LogP contribution < -0.4 is 4.90 Å². The zero-order chi connectivity index (χ0) is 11.4. The number of hydrogen-bond acceptors (Lipinski definition) is 3. The molecule has 0 N–H and O–H groups in total. The predicted molar refractivity (Wildman–Crippen MR) is 65.5 cm³/mol. The van der Waals surface area contributed by atoms with Gasteiger partial charge in [-0.3, -0.25) is 9.79 Å². The van der Waals surface area contributed by atoms with Crippen molar-refractivity contribution in [3.63, 3.8) is 0 Å². The number of amides is 1. The summed E-state index contributed by atoms with van der Waals surface area (Å²) < 4.78 is 0. The lowest BCUT2D eigenvalue weighted by Gasteiger charge is -2.43. The Kier molecular flexibility index (Phi) is 1.68. The lowest BCUT2D eigenvalue weighted by Crippen LogP contribution is -2.58. The molecule has 0 radical (unpaired) electrons. The first-order chi connectivity index (χ1) is 8.36. The van der Waals surface area contributed by atoms with Gasteiger partial charge in [-0.05, 0) is 18.6 Å². The van der Waals surface area contributed by atoms with Gasteiger partial charge >= 0.3 is 0 Å². The van der Waals surface area contributed by atoms with Crippen LogP contribution >= 0.6 is 0 Å². The van der Waals surface area contributed by atoms with Gasteiger partial charge in [0.2, 0.25) is 0 Å². The minimum atomic E-state index is 0.180. The number of fused-ring (bicyclic) bond motifs is 5. The summed E-state index contributed by atoms with van der Waals surface area (Å²) in [5.74, 6) is 0.180. The van der Waals surface area contributed by atoms with Gasteiger partial charge in [0, 0.05) is 12.8 Å². The molecule has 1 fully saturated rings. The van der Waals surface area contributed by atoms with Crippen molar-refractivity contribution in [2.75, 3.05) is 18.1 Å². The van der Waals surface area contributed by atoms with Crippen molar-refractivity contribution >= 4 is 17.8 Å². The molecule has 0 aliphatic carbocycles. The van der Waals surface area contributed by atoms with E-state index in [4.69, 9.17) is 0 Å². The fourth-order valence-electron chi connectivity index (χ4n) is 3.04. The summed E-state index contributed by atoms with van der Waals surface area (Å²) in [6.07, 6.45) is 3.10. The molecule has 4 heteroatoms. The number of nitrogens with zero attached hydrogens (tertiary/aromatic N) is 3. The van der Waals surface area contributed by atoms with E-state index in [0.29, 0.717) is 12.7 Å². The van der Waals surface area contributed by atoms with E-state index in [1.807, 2.05) is 35.4 Å². The first-order valence-corrected chi connectivity index (χ1v) is 6.03. The van der Waals surface area contributed by atoms with Gasteiger partial charge in [-0.2, -0.15) is 0 Å². The number of carbonyl (C=O) groups excluding carboxylic acids is 1. The number of aliphatic imine (C=N–C) groups is 1. The SMILES string of the molecule is O=C1c2ccccc2N2CN=CC2C2CCN12. The van der Waals surface area contributed by atoms with Crippen LogP contribution in [0.4, 0.5) is 5.69 Å². The average molecular weight is 227 g/mol. The summed E-state index contributed by atoms with van der Waals surface area (Å²) in [5, 5.41) is 0. The van der Waals surface area contributed by atoms with Crippen LogP contribution in [0.3, 0.4) is 0 Å². The maximum atomic E-state index is 12.4. The summed E-state index contributed by atoms with van der Waals surface area (Å²) in [5.41, 5.74) is 1.86. The van der Waals surface area contributed by atoms with Gasteiger partial charge in [0.25, 0.3) is 5.91 Å². The first kappa shape index (κ1) is 9.22. The normalized spacial score (nSPS) is 29.3. The highest BCUT2D eigenvalue weighted by Gasteiger charge is 2.45. The van der Waals surface area contributed by atoms with Gasteiger partial charge in [0.15, 0.2) is 0 Å². The van der Waals surface area contributed by atoms with Gasteiger partial charge in [-0.1, -0.05) is 12.1 Å². The third-order valence-electron chi connectivity index (χ3n) is 4.02. The second-order valence-corrected chi connectivity index (χ2v) is 4.81. The van der Waals surface area contributed by atoms with Crippen molar-refractivity contribution in [3.8, 4) is 0 Å². The zero-order valence-electron chi connectivity index (χ0n) is 9.41. The Morgan fingerprint density at radius 1 is 1.24 bits per heavy atom. The number of hydrogen-bond donors (Lipinski definition) is 0. The molecule has 17 heavy (non-hydrogen) atoms. The van der Waals surface area contributed by atoms with Gasteiger partial charge in [0.1, 0.15) is 6.67 Å². The third kappa shape index (κ3) is 1.07. The minimum Gasteiger partial charge on any atom is -0.341 e. The second kappa shape index (κ2) is 3.09. The van der Waals surface area contributed by atoms with Crippen molar-refractivity contribution in [1.29, 1.82) is 0 Å². The topological polar surface area (TPSA) is 35.9 Å². The number of anilines is 1. The molecule has 3 heterocycles. The smallest absolute Gasteiger partial charge is 0.256 e. The van der Waals surface area contributed by atoms with E-state index < -0.39 is 0 Å². The molecule has 0 spiro atoms. The molecule has 0 saturated carbocycles. The molecule has 4 rings (SSSR count). The van der Waals surface area contributed by atoms with E-state index >= 15 is 0 Å². The standard InChI is InChI=1S/C13H13N3O/c17-13-9-3-1-2-4-10(9)16-8-14-7-12(16)11-5-6-15(11)13/h1-4,7,11-12H,5-6,8H2. The molecular formula is C13H13N3O. The van der Waals surface area contributed by atoms with Crippen LogP contribution in [-0.2, 0) is 0 Å². The van der Waals surface area contributed by atoms with Crippen LogP contribution in [-0.4, -0.2) is 42.3 Å². The fraction of sp³-hybridized carbons (Fsp3) is 0.385. The van der Waals surface area contributed by atoms with Crippen LogP contribution in [0.5, 0.6) is 0 Å². The lowest BCUT2D eigenvalue weighted by atomic mass is 9.95. The van der Waals surface area contributed by atoms with Crippen molar-refractivity contribution in [2.24, 2.45) is 4.99 Å². The minimum absolute atomic E-state index is 0.180. The van der Waals surface area contributed by atoms with Crippen molar-refractivity contribution < 1.29 is 4.79 Å². The highest BCUT2D eigenvalue weighted by Crippen LogP contribution is 2.36. The number of para-hydroxylation sites is 1. The Balaban J connectivity index is 1.91. The Morgan fingerprint density at radius 2 is 2.12 bits per heavy atom. The van der Waals surface area contributed by atoms with Crippen LogP contribution in [0.15, 0.2) is 29.3 Å². The van der Waals surface area contributed by atoms with Crippen molar-refractivity contribution in [3.05, 3.63) is 29.8 Å². The summed E-state index contributed by atoms with van der Waals surface area (Å²) in [6, 6.07) is 8.47. The van der Waals surface area contributed by atoms with Crippen molar-refractivity contribution in [2.45, 2.75) is 18.5 Å². The van der Waals surface area contributed by atoms with E-state index in [1.54, 1.807) is 0 Å². The summed E-state index contributed by atoms with van der Waals surface area (Å²) in [6.45, 7) is 1.56. The molecule has 86 valence electrons. The average Bonchev–Trinajstić information content (AvgIpc) is 2.74. The number of carbonyl (C=O) groups is 1. The van der Waals surface area contributed by atoms with Crippen LogP contribution in [0.25, 0.3) is 0 Å². The number of rotatable bonds is 0. The predicted octanol–water partition coefficient (Wildman–Crippen LogP) is 1.13. The quantitative estimate of drug-likeness (QED) is 0.666. The Morgan fingerprint density at radius 3 is 2.94 bits per heavy atom. The molecule has 4 nitrogen and oxygen atoms in total. The molecule has 3 aliphatic heterocycles. The molecule has 2 unspecified atom stereocenters. The molecule has 1 saturated heterocycles. The molecular weight excluding hydrogens is 214 g/mol. The van der Waals surface area contributed by atoms with Crippen LogP contribution in [0.1, 0.15) is 16.8 Å². The number of benzene rings is 1. The highest BCUT2D eigenvalue weighted by molar-refractivity contribution is 6.02. The molecule has 3 aliphatic rings. The summed E-state index contributed by atoms with van der Waals surface area (Å²) >= 11 is 0. The molecule has 0 bridgehead atoms. The highest BCUT2D eigenvalue weighted by atomic mass is 16.2.